The van der Waals surface area contributed by atoms with Crippen LogP contribution in [0.3, 0.4) is 0 Å². The number of benzene rings is 2. The second-order valence-electron chi connectivity index (χ2n) is 6.87. The van der Waals surface area contributed by atoms with Crippen molar-refractivity contribution in [2.24, 2.45) is 0 Å². The van der Waals surface area contributed by atoms with Gasteiger partial charge in [-0.05, 0) is 50.7 Å². The number of hydrogen-bond acceptors (Lipinski definition) is 5. The summed E-state index contributed by atoms with van der Waals surface area (Å²) in [5, 5.41) is 3.66. The summed E-state index contributed by atoms with van der Waals surface area (Å²) in [6, 6.07) is 13.7. The number of rotatable bonds is 8. The topological polar surface area (TPSA) is 59.4 Å². The molecule has 30 heavy (non-hydrogen) atoms. The molecule has 2 aromatic carbocycles. The number of carbonyl (C=O) groups is 1. The molecule has 1 unspecified atom stereocenters. The zero-order chi connectivity index (χ0) is 21.7. The lowest BCUT2D eigenvalue weighted by Gasteiger charge is -2.26. The molecule has 1 heterocycles. The Morgan fingerprint density at radius 1 is 1.23 bits per heavy atom. The third-order valence-electron chi connectivity index (χ3n) is 4.81. The number of amides is 1. The second-order valence-corrected chi connectivity index (χ2v) is 7.65. The molecule has 0 aliphatic rings. The number of likely N-dealkylation sites (N-methyl/N-ethyl adjacent to an activating group) is 1. The second kappa shape index (κ2) is 9.77. The molecule has 0 saturated heterocycles. The molecule has 1 atom stereocenters. The summed E-state index contributed by atoms with van der Waals surface area (Å²) in [6.45, 7) is 0.384. The molecular formula is C22H25FN4O2S. The van der Waals surface area contributed by atoms with Gasteiger partial charge in [-0.15, -0.1) is 0 Å². The molecular weight excluding hydrogens is 403 g/mol. The van der Waals surface area contributed by atoms with Gasteiger partial charge < -0.3 is 15.0 Å². The van der Waals surface area contributed by atoms with Gasteiger partial charge in [-0.3, -0.25) is 9.36 Å². The number of nitrogens with zero attached hydrogens (tertiary/aromatic N) is 3. The smallest absolute Gasteiger partial charge is 0.270 e. The Hall–Kier alpha value is -2.84. The van der Waals surface area contributed by atoms with Crippen LogP contribution in [0.15, 0.2) is 59.9 Å². The van der Waals surface area contributed by atoms with E-state index in [1.54, 1.807) is 23.8 Å². The number of methoxy groups -OCH3 is 1. The zero-order valence-corrected chi connectivity index (χ0v) is 18.2. The molecule has 0 fully saturated rings. The Morgan fingerprint density at radius 2 is 1.93 bits per heavy atom. The van der Waals surface area contributed by atoms with E-state index in [9.17, 15) is 9.18 Å². The Kier molecular flexibility index (Phi) is 7.12. The molecule has 0 saturated carbocycles. The van der Waals surface area contributed by atoms with Crippen molar-refractivity contribution in [2.75, 3.05) is 34.0 Å². The summed E-state index contributed by atoms with van der Waals surface area (Å²) in [5.41, 5.74) is 2.06. The SMILES string of the molecule is COc1ccccc1C(CNC(=O)c1cnc(SC)n1-c1ccc(F)cc1)N(C)C. The predicted octanol–water partition coefficient (Wildman–Crippen LogP) is 3.77. The number of hydrogen-bond donors (Lipinski definition) is 1. The highest BCUT2D eigenvalue weighted by atomic mass is 32.2. The Morgan fingerprint density at radius 3 is 2.57 bits per heavy atom. The molecule has 1 N–H and O–H groups in total. The fourth-order valence-electron chi connectivity index (χ4n) is 3.27. The summed E-state index contributed by atoms with van der Waals surface area (Å²) in [7, 11) is 5.55. The molecule has 0 aliphatic carbocycles. The van der Waals surface area contributed by atoms with E-state index in [1.165, 1.54) is 30.1 Å². The normalized spacial score (nSPS) is 12.1. The lowest BCUT2D eigenvalue weighted by Crippen LogP contribution is -2.35. The average Bonchev–Trinajstić information content (AvgIpc) is 3.18. The number of para-hydroxylation sites is 1. The van der Waals surface area contributed by atoms with Crippen molar-refractivity contribution in [1.29, 1.82) is 0 Å². The molecule has 3 aromatic rings. The van der Waals surface area contributed by atoms with Crippen LogP contribution < -0.4 is 10.1 Å². The van der Waals surface area contributed by atoms with Crippen LogP contribution in [0.2, 0.25) is 0 Å². The standard InChI is InChI=1S/C22H25FN4O2S/c1-26(2)18(17-7-5-6-8-20(17)29-3)13-24-21(28)19-14-25-22(30-4)27(19)16-11-9-15(23)10-12-16/h5-12,14,18H,13H2,1-4H3,(H,24,28). The number of aromatic nitrogens is 2. The first-order valence-electron chi connectivity index (χ1n) is 9.41. The number of halogens is 1. The molecule has 0 radical (unpaired) electrons. The van der Waals surface area contributed by atoms with Crippen LogP contribution >= 0.6 is 11.8 Å². The monoisotopic (exact) mass is 428 g/mol. The summed E-state index contributed by atoms with van der Waals surface area (Å²) in [6.07, 6.45) is 3.42. The van der Waals surface area contributed by atoms with Gasteiger partial charge in [0.1, 0.15) is 17.3 Å². The molecule has 0 spiro atoms. The molecule has 0 bridgehead atoms. The first-order valence-corrected chi connectivity index (χ1v) is 10.6. The van der Waals surface area contributed by atoms with Gasteiger partial charge in [0.15, 0.2) is 5.16 Å². The van der Waals surface area contributed by atoms with E-state index >= 15 is 0 Å². The molecule has 1 aromatic heterocycles. The number of nitrogens with one attached hydrogen (secondary N) is 1. The van der Waals surface area contributed by atoms with Crippen molar-refractivity contribution in [2.45, 2.75) is 11.2 Å². The van der Waals surface area contributed by atoms with Crippen LogP contribution in [0, 0.1) is 5.82 Å². The summed E-state index contributed by atoms with van der Waals surface area (Å²) in [4.78, 5) is 19.4. The summed E-state index contributed by atoms with van der Waals surface area (Å²) in [5.74, 6) is 0.182. The van der Waals surface area contributed by atoms with E-state index in [4.69, 9.17) is 4.74 Å². The Labute approximate surface area is 180 Å². The van der Waals surface area contributed by atoms with Crippen LogP contribution in [0.5, 0.6) is 5.75 Å². The quantitative estimate of drug-likeness (QED) is 0.554. The minimum absolute atomic E-state index is 0.0766. The maximum atomic E-state index is 13.4. The fourth-order valence-corrected chi connectivity index (χ4v) is 3.82. The largest absolute Gasteiger partial charge is 0.496 e. The first kappa shape index (κ1) is 21.9. The van der Waals surface area contributed by atoms with Crippen molar-refractivity contribution in [1.82, 2.24) is 19.8 Å². The molecule has 158 valence electrons. The molecule has 8 heteroatoms. The lowest BCUT2D eigenvalue weighted by atomic mass is 10.0. The van der Waals surface area contributed by atoms with Crippen LogP contribution in [-0.4, -0.2) is 54.4 Å². The summed E-state index contributed by atoms with van der Waals surface area (Å²) < 4.78 is 20.6. The minimum atomic E-state index is -0.332. The third-order valence-corrected chi connectivity index (χ3v) is 5.46. The van der Waals surface area contributed by atoms with Gasteiger partial charge in [0, 0.05) is 17.8 Å². The molecule has 0 aliphatic heterocycles. The fraction of sp³-hybridized carbons (Fsp3) is 0.273. The van der Waals surface area contributed by atoms with E-state index in [1.807, 2.05) is 49.5 Å². The predicted molar refractivity (Wildman–Crippen MR) is 117 cm³/mol. The number of carbonyl (C=O) groups excluding carboxylic acids is 1. The van der Waals surface area contributed by atoms with Crippen molar-refractivity contribution in [3.8, 4) is 11.4 Å². The highest BCUT2D eigenvalue weighted by Gasteiger charge is 2.22. The van der Waals surface area contributed by atoms with Gasteiger partial charge in [-0.25, -0.2) is 9.37 Å². The van der Waals surface area contributed by atoms with Crippen LogP contribution in [0.4, 0.5) is 4.39 Å². The van der Waals surface area contributed by atoms with E-state index in [0.29, 0.717) is 23.1 Å². The minimum Gasteiger partial charge on any atom is -0.496 e. The van der Waals surface area contributed by atoms with E-state index < -0.39 is 0 Å². The van der Waals surface area contributed by atoms with Crippen molar-refractivity contribution < 1.29 is 13.9 Å². The van der Waals surface area contributed by atoms with E-state index in [2.05, 4.69) is 10.3 Å². The molecule has 1 amide bonds. The molecule has 3 rings (SSSR count). The van der Waals surface area contributed by atoms with Crippen LogP contribution in [0.1, 0.15) is 22.1 Å². The van der Waals surface area contributed by atoms with Gasteiger partial charge in [-0.1, -0.05) is 30.0 Å². The van der Waals surface area contributed by atoms with Crippen LogP contribution in [-0.2, 0) is 0 Å². The number of thioether (sulfide) groups is 1. The maximum absolute atomic E-state index is 13.4. The van der Waals surface area contributed by atoms with E-state index in [0.717, 1.165) is 11.3 Å². The Bertz CT molecular complexity index is 1000. The van der Waals surface area contributed by atoms with Gasteiger partial charge in [-0.2, -0.15) is 0 Å². The average molecular weight is 429 g/mol. The lowest BCUT2D eigenvalue weighted by molar-refractivity contribution is 0.0934. The highest BCUT2D eigenvalue weighted by molar-refractivity contribution is 7.98. The number of imidazole rings is 1. The highest BCUT2D eigenvalue weighted by Crippen LogP contribution is 2.28. The van der Waals surface area contributed by atoms with Crippen molar-refractivity contribution >= 4 is 17.7 Å². The third kappa shape index (κ3) is 4.66. The van der Waals surface area contributed by atoms with Gasteiger partial charge >= 0.3 is 0 Å². The van der Waals surface area contributed by atoms with E-state index in [-0.39, 0.29) is 17.8 Å². The van der Waals surface area contributed by atoms with Gasteiger partial charge in [0.05, 0.1) is 19.3 Å². The Balaban J connectivity index is 1.85. The first-order chi connectivity index (χ1) is 14.5. The van der Waals surface area contributed by atoms with Crippen molar-refractivity contribution in [3.63, 3.8) is 0 Å². The van der Waals surface area contributed by atoms with Crippen molar-refractivity contribution in [3.05, 3.63) is 71.8 Å². The van der Waals surface area contributed by atoms with Gasteiger partial charge in [0.25, 0.3) is 5.91 Å². The molecule has 6 nitrogen and oxygen atoms in total. The number of ether oxygens (including phenoxy) is 1. The zero-order valence-electron chi connectivity index (χ0n) is 17.4. The maximum Gasteiger partial charge on any atom is 0.270 e. The van der Waals surface area contributed by atoms with Crippen LogP contribution in [0.25, 0.3) is 5.69 Å². The van der Waals surface area contributed by atoms with Gasteiger partial charge in [0.2, 0.25) is 0 Å². The summed E-state index contributed by atoms with van der Waals surface area (Å²) >= 11 is 1.42.